The minimum absolute atomic E-state index is 0.815. The van der Waals surface area contributed by atoms with Gasteiger partial charge in [-0.2, -0.15) is 0 Å². The third-order valence-electron chi connectivity index (χ3n) is 1.69. The van der Waals surface area contributed by atoms with E-state index in [4.69, 9.17) is 24.4 Å². The Kier molecular flexibility index (Phi) is 5.27. The summed E-state index contributed by atoms with van der Waals surface area (Å²) in [5.74, 6) is 0. The Labute approximate surface area is 95.7 Å². The molecular formula is C12H12S2. The standard InChI is InChI=1S/C12H12S2/c13-11-7-5-3-1-2-4-6-8-12(14)10-9-11/h1-2,5-10H,3-4H2/b2-1-,7-5-,8-6-,10-9?. The highest BCUT2D eigenvalue weighted by molar-refractivity contribution is 7.81. The van der Waals surface area contributed by atoms with Crippen molar-refractivity contribution in [1.82, 2.24) is 0 Å². The molecule has 0 atom stereocenters. The second kappa shape index (κ2) is 6.57. The molecule has 0 unspecified atom stereocenters. The van der Waals surface area contributed by atoms with Crippen molar-refractivity contribution in [3.63, 3.8) is 0 Å². The molecule has 0 amide bonds. The third-order valence-corrected chi connectivity index (χ3v) is 2.23. The first-order valence-corrected chi connectivity index (χ1v) is 5.35. The number of allylic oxidation sites excluding steroid dienone is 8. The molecule has 0 aromatic heterocycles. The maximum atomic E-state index is 5.11. The van der Waals surface area contributed by atoms with Crippen LogP contribution >= 0.6 is 24.4 Å². The minimum Gasteiger partial charge on any atom is -0.0844 e. The smallest absolute Gasteiger partial charge is 0.0374 e. The van der Waals surface area contributed by atoms with Crippen LogP contribution in [0.2, 0.25) is 0 Å². The molecular weight excluding hydrogens is 208 g/mol. The summed E-state index contributed by atoms with van der Waals surface area (Å²) < 4.78 is 0. The second-order valence-corrected chi connectivity index (χ2v) is 3.83. The van der Waals surface area contributed by atoms with Crippen LogP contribution in [-0.2, 0) is 0 Å². The first kappa shape index (κ1) is 11.2. The van der Waals surface area contributed by atoms with Crippen LogP contribution in [0, 0.1) is 0 Å². The fraction of sp³-hybridized carbons (Fsp3) is 0.167. The topological polar surface area (TPSA) is 0 Å². The first-order chi connectivity index (χ1) is 6.79. The normalized spacial score (nSPS) is 24.9. The number of hydrogen-bond donors (Lipinski definition) is 0. The Bertz CT molecular complexity index is 298. The SMILES string of the molecule is S=C1C=CC(=S)/C=C\C/C=C\C/C=C\1. The van der Waals surface area contributed by atoms with Gasteiger partial charge in [0.05, 0.1) is 0 Å². The summed E-state index contributed by atoms with van der Waals surface area (Å²) in [5.41, 5.74) is 0. The molecule has 72 valence electrons. The molecule has 0 aromatic rings. The van der Waals surface area contributed by atoms with Crippen LogP contribution in [0.3, 0.4) is 0 Å². The van der Waals surface area contributed by atoms with E-state index in [-0.39, 0.29) is 0 Å². The summed E-state index contributed by atoms with van der Waals surface area (Å²) in [6, 6.07) is 0. The zero-order valence-corrected chi connectivity index (χ0v) is 9.48. The third kappa shape index (κ3) is 5.00. The van der Waals surface area contributed by atoms with Crippen molar-refractivity contribution in [1.29, 1.82) is 0 Å². The fourth-order valence-corrected chi connectivity index (χ4v) is 1.32. The molecule has 0 aliphatic heterocycles. The molecule has 0 radical (unpaired) electrons. The van der Waals surface area contributed by atoms with E-state index < -0.39 is 0 Å². The molecule has 0 saturated carbocycles. The molecule has 1 rings (SSSR count). The van der Waals surface area contributed by atoms with E-state index in [9.17, 15) is 0 Å². The van der Waals surface area contributed by atoms with Gasteiger partial charge in [-0.3, -0.25) is 0 Å². The van der Waals surface area contributed by atoms with Crippen molar-refractivity contribution >= 4 is 34.2 Å². The van der Waals surface area contributed by atoms with Gasteiger partial charge in [0.2, 0.25) is 0 Å². The Morgan fingerprint density at radius 3 is 1.50 bits per heavy atom. The fourth-order valence-electron chi connectivity index (χ4n) is 0.993. The van der Waals surface area contributed by atoms with Crippen LogP contribution in [0.1, 0.15) is 12.8 Å². The monoisotopic (exact) mass is 220 g/mol. The quantitative estimate of drug-likeness (QED) is 0.450. The van der Waals surface area contributed by atoms with Crippen molar-refractivity contribution in [3.05, 3.63) is 48.6 Å². The molecule has 0 spiro atoms. The lowest BCUT2D eigenvalue weighted by molar-refractivity contribution is 1.32. The molecule has 14 heavy (non-hydrogen) atoms. The van der Waals surface area contributed by atoms with Crippen LogP contribution in [0.15, 0.2) is 48.6 Å². The van der Waals surface area contributed by atoms with Gasteiger partial charge in [-0.15, -0.1) is 0 Å². The number of hydrogen-bond acceptors (Lipinski definition) is 2. The summed E-state index contributed by atoms with van der Waals surface area (Å²) in [4.78, 5) is 1.63. The Balaban J connectivity index is 2.73. The largest absolute Gasteiger partial charge is 0.0844 e. The van der Waals surface area contributed by atoms with Crippen LogP contribution < -0.4 is 0 Å². The zero-order chi connectivity index (χ0) is 10.2. The van der Waals surface area contributed by atoms with Crippen molar-refractivity contribution in [2.45, 2.75) is 12.8 Å². The Hall–Kier alpha value is -0.860. The second-order valence-electron chi connectivity index (χ2n) is 2.89. The van der Waals surface area contributed by atoms with E-state index in [1.807, 2.05) is 24.3 Å². The van der Waals surface area contributed by atoms with E-state index >= 15 is 0 Å². The molecule has 0 fully saturated rings. The summed E-state index contributed by atoms with van der Waals surface area (Å²) >= 11 is 10.2. The molecule has 0 aromatic carbocycles. The van der Waals surface area contributed by atoms with E-state index in [0.717, 1.165) is 22.6 Å². The summed E-state index contributed by atoms with van der Waals surface area (Å²) in [7, 11) is 0. The van der Waals surface area contributed by atoms with E-state index in [1.165, 1.54) is 0 Å². The van der Waals surface area contributed by atoms with E-state index in [2.05, 4.69) is 24.3 Å². The molecule has 2 heteroatoms. The highest BCUT2D eigenvalue weighted by atomic mass is 32.1. The van der Waals surface area contributed by atoms with Crippen molar-refractivity contribution in [2.75, 3.05) is 0 Å². The highest BCUT2D eigenvalue weighted by Crippen LogP contribution is 1.97. The zero-order valence-electron chi connectivity index (χ0n) is 7.85. The molecule has 0 heterocycles. The molecule has 1 aliphatic carbocycles. The van der Waals surface area contributed by atoms with Crippen LogP contribution in [0.5, 0.6) is 0 Å². The van der Waals surface area contributed by atoms with Crippen LogP contribution in [-0.4, -0.2) is 9.73 Å². The molecule has 0 N–H and O–H groups in total. The number of rotatable bonds is 0. The van der Waals surface area contributed by atoms with E-state index in [0.29, 0.717) is 0 Å². The van der Waals surface area contributed by atoms with Gasteiger partial charge in [0.15, 0.2) is 0 Å². The van der Waals surface area contributed by atoms with E-state index in [1.54, 1.807) is 0 Å². The minimum atomic E-state index is 0.815. The average Bonchev–Trinajstić information content (AvgIpc) is 2.17. The van der Waals surface area contributed by atoms with Gasteiger partial charge in [-0.05, 0) is 37.1 Å². The summed E-state index contributed by atoms with van der Waals surface area (Å²) in [6.07, 6.45) is 17.8. The lowest BCUT2D eigenvalue weighted by Gasteiger charge is -1.90. The maximum absolute atomic E-state index is 5.11. The molecule has 0 nitrogen and oxygen atoms in total. The molecule has 0 saturated heterocycles. The highest BCUT2D eigenvalue weighted by Gasteiger charge is 1.86. The van der Waals surface area contributed by atoms with Crippen molar-refractivity contribution < 1.29 is 0 Å². The Morgan fingerprint density at radius 1 is 0.643 bits per heavy atom. The van der Waals surface area contributed by atoms with Gasteiger partial charge >= 0.3 is 0 Å². The predicted octanol–water partition coefficient (Wildman–Crippen LogP) is 3.74. The van der Waals surface area contributed by atoms with Gasteiger partial charge in [0, 0.05) is 9.73 Å². The maximum Gasteiger partial charge on any atom is 0.0374 e. The van der Waals surface area contributed by atoms with Gasteiger partial charge in [0.1, 0.15) is 0 Å². The first-order valence-electron chi connectivity index (χ1n) is 4.53. The van der Waals surface area contributed by atoms with Crippen molar-refractivity contribution in [3.8, 4) is 0 Å². The van der Waals surface area contributed by atoms with Crippen LogP contribution in [0.25, 0.3) is 0 Å². The predicted molar refractivity (Wildman–Crippen MR) is 71.0 cm³/mol. The van der Waals surface area contributed by atoms with Crippen LogP contribution in [0.4, 0.5) is 0 Å². The van der Waals surface area contributed by atoms with Gasteiger partial charge < -0.3 is 0 Å². The number of thiocarbonyl (C=S) groups is 2. The summed E-state index contributed by atoms with van der Waals surface area (Å²) in [5, 5.41) is 0. The Morgan fingerprint density at radius 2 is 1.07 bits per heavy atom. The molecule has 1 aliphatic rings. The lowest BCUT2D eigenvalue weighted by atomic mass is 10.2. The summed E-state index contributed by atoms with van der Waals surface area (Å²) in [6.45, 7) is 0. The average molecular weight is 220 g/mol. The van der Waals surface area contributed by atoms with Gasteiger partial charge in [-0.1, -0.05) is 48.7 Å². The lowest BCUT2D eigenvalue weighted by Crippen LogP contribution is -1.86. The molecule has 0 bridgehead atoms. The van der Waals surface area contributed by atoms with Gasteiger partial charge in [-0.25, -0.2) is 0 Å². The van der Waals surface area contributed by atoms with Crippen molar-refractivity contribution in [2.24, 2.45) is 0 Å². The van der Waals surface area contributed by atoms with Gasteiger partial charge in [0.25, 0.3) is 0 Å².